The van der Waals surface area contributed by atoms with Crippen LogP contribution in [-0.2, 0) is 21.4 Å². The summed E-state index contributed by atoms with van der Waals surface area (Å²) in [5.41, 5.74) is 0. The lowest BCUT2D eigenvalue weighted by Crippen LogP contribution is -2.37. The van der Waals surface area contributed by atoms with Crippen molar-refractivity contribution in [3.05, 3.63) is 36.0 Å². The molecule has 0 N–H and O–H groups in total. The second-order valence-corrected chi connectivity index (χ2v) is 7.76. The first-order valence-electron chi connectivity index (χ1n) is 8.00. The molecule has 0 saturated carbocycles. The SMILES string of the molecule is COCc1nnc(C2CCN(S(=O)(=O)c3cccc(OC)c3)CC2)o1. The molecule has 0 atom stereocenters. The Bertz CT molecular complexity index is 813. The predicted molar refractivity (Wildman–Crippen MR) is 88.7 cm³/mol. The lowest BCUT2D eigenvalue weighted by molar-refractivity contribution is 0.156. The summed E-state index contributed by atoms with van der Waals surface area (Å²) in [4.78, 5) is 0.241. The molecule has 1 fully saturated rings. The zero-order valence-electron chi connectivity index (χ0n) is 14.2. The van der Waals surface area contributed by atoms with Crippen molar-refractivity contribution in [3.63, 3.8) is 0 Å². The largest absolute Gasteiger partial charge is 0.497 e. The van der Waals surface area contributed by atoms with E-state index in [9.17, 15) is 8.42 Å². The first-order valence-corrected chi connectivity index (χ1v) is 9.44. The number of hydrogen-bond acceptors (Lipinski definition) is 7. The molecule has 25 heavy (non-hydrogen) atoms. The second-order valence-electron chi connectivity index (χ2n) is 5.82. The van der Waals surface area contributed by atoms with E-state index < -0.39 is 10.0 Å². The molecule has 0 aliphatic carbocycles. The van der Waals surface area contributed by atoms with Crippen molar-refractivity contribution >= 4 is 10.0 Å². The van der Waals surface area contributed by atoms with Gasteiger partial charge in [0.1, 0.15) is 12.4 Å². The Morgan fingerprint density at radius 3 is 2.68 bits per heavy atom. The molecular formula is C16H21N3O5S. The number of sulfonamides is 1. The van der Waals surface area contributed by atoms with Crippen LogP contribution in [0.3, 0.4) is 0 Å². The van der Waals surface area contributed by atoms with E-state index >= 15 is 0 Å². The average molecular weight is 367 g/mol. The van der Waals surface area contributed by atoms with Crippen LogP contribution in [-0.4, -0.2) is 50.2 Å². The summed E-state index contributed by atoms with van der Waals surface area (Å²) in [5.74, 6) is 1.57. The van der Waals surface area contributed by atoms with Gasteiger partial charge in [0.05, 0.1) is 12.0 Å². The zero-order chi connectivity index (χ0) is 17.9. The summed E-state index contributed by atoms with van der Waals surface area (Å²) in [6.07, 6.45) is 1.27. The van der Waals surface area contributed by atoms with Crippen molar-refractivity contribution < 1.29 is 22.3 Å². The van der Waals surface area contributed by atoms with Crippen LogP contribution in [0.25, 0.3) is 0 Å². The highest BCUT2D eigenvalue weighted by Gasteiger charge is 2.32. The van der Waals surface area contributed by atoms with Gasteiger partial charge in [0.15, 0.2) is 0 Å². The Balaban J connectivity index is 1.68. The molecule has 0 spiro atoms. The number of benzene rings is 1. The highest BCUT2D eigenvalue weighted by molar-refractivity contribution is 7.89. The fourth-order valence-corrected chi connectivity index (χ4v) is 4.37. The van der Waals surface area contributed by atoms with E-state index in [1.54, 1.807) is 25.3 Å². The maximum Gasteiger partial charge on any atom is 0.243 e. The van der Waals surface area contributed by atoms with Crippen LogP contribution in [0.5, 0.6) is 5.75 Å². The van der Waals surface area contributed by atoms with Gasteiger partial charge in [-0.25, -0.2) is 8.42 Å². The van der Waals surface area contributed by atoms with Crippen LogP contribution < -0.4 is 4.74 Å². The van der Waals surface area contributed by atoms with Crippen LogP contribution in [0.15, 0.2) is 33.6 Å². The van der Waals surface area contributed by atoms with Crippen LogP contribution in [0.4, 0.5) is 0 Å². The molecule has 1 aliphatic rings. The standard InChI is InChI=1S/C16H21N3O5S/c1-22-11-15-17-18-16(24-15)12-6-8-19(9-7-12)25(20,21)14-5-3-4-13(10-14)23-2/h3-5,10,12H,6-9,11H2,1-2H3. The topological polar surface area (TPSA) is 94.8 Å². The minimum Gasteiger partial charge on any atom is -0.497 e. The van der Waals surface area contributed by atoms with Crippen LogP contribution in [0.2, 0.25) is 0 Å². The number of ether oxygens (including phenoxy) is 2. The Morgan fingerprint density at radius 1 is 1.24 bits per heavy atom. The molecule has 0 amide bonds. The van der Waals surface area contributed by atoms with Gasteiger partial charge in [-0.1, -0.05) is 6.07 Å². The van der Waals surface area contributed by atoms with E-state index in [0.29, 0.717) is 43.5 Å². The number of rotatable bonds is 6. The highest BCUT2D eigenvalue weighted by atomic mass is 32.2. The number of hydrogen-bond donors (Lipinski definition) is 0. The van der Waals surface area contributed by atoms with E-state index in [0.717, 1.165) is 0 Å². The molecule has 0 bridgehead atoms. The van der Waals surface area contributed by atoms with E-state index in [-0.39, 0.29) is 17.4 Å². The van der Waals surface area contributed by atoms with Crippen molar-refractivity contribution in [3.8, 4) is 5.75 Å². The minimum atomic E-state index is -3.54. The minimum absolute atomic E-state index is 0.0647. The molecule has 1 saturated heterocycles. The van der Waals surface area contributed by atoms with Crippen LogP contribution >= 0.6 is 0 Å². The normalized spacial score (nSPS) is 16.9. The number of piperidine rings is 1. The molecule has 2 heterocycles. The molecule has 2 aromatic rings. The molecule has 1 aliphatic heterocycles. The summed E-state index contributed by atoms with van der Waals surface area (Å²) in [5, 5.41) is 7.97. The van der Waals surface area contributed by atoms with Crippen molar-refractivity contribution in [2.24, 2.45) is 0 Å². The maximum atomic E-state index is 12.8. The van der Waals surface area contributed by atoms with Gasteiger partial charge in [0.2, 0.25) is 21.8 Å². The molecule has 1 aromatic heterocycles. The third kappa shape index (κ3) is 3.83. The molecule has 3 rings (SSSR count). The van der Waals surface area contributed by atoms with Crippen molar-refractivity contribution in [1.82, 2.24) is 14.5 Å². The lowest BCUT2D eigenvalue weighted by atomic mass is 9.98. The van der Waals surface area contributed by atoms with Crippen LogP contribution in [0.1, 0.15) is 30.5 Å². The molecule has 136 valence electrons. The van der Waals surface area contributed by atoms with E-state index in [4.69, 9.17) is 13.9 Å². The second kappa shape index (κ2) is 7.51. The van der Waals surface area contributed by atoms with E-state index in [2.05, 4.69) is 10.2 Å². The molecule has 8 nitrogen and oxygen atoms in total. The van der Waals surface area contributed by atoms with Gasteiger partial charge in [-0.15, -0.1) is 10.2 Å². The van der Waals surface area contributed by atoms with Crippen molar-refractivity contribution in [1.29, 1.82) is 0 Å². The van der Waals surface area contributed by atoms with Gasteiger partial charge < -0.3 is 13.9 Å². The lowest BCUT2D eigenvalue weighted by Gasteiger charge is -2.29. The number of aromatic nitrogens is 2. The quantitative estimate of drug-likeness (QED) is 0.768. The van der Waals surface area contributed by atoms with Gasteiger partial charge in [-0.05, 0) is 25.0 Å². The Kier molecular flexibility index (Phi) is 5.36. The van der Waals surface area contributed by atoms with Gasteiger partial charge in [0.25, 0.3) is 0 Å². The Labute approximate surface area is 146 Å². The van der Waals surface area contributed by atoms with Crippen molar-refractivity contribution in [2.45, 2.75) is 30.3 Å². The summed E-state index contributed by atoms with van der Waals surface area (Å²) < 4.78 is 42.7. The Hall–Kier alpha value is -1.97. The predicted octanol–water partition coefficient (Wildman–Crippen LogP) is 1.79. The molecular weight excluding hydrogens is 346 g/mol. The smallest absolute Gasteiger partial charge is 0.243 e. The van der Waals surface area contributed by atoms with Gasteiger partial charge in [0, 0.05) is 32.2 Å². The third-order valence-electron chi connectivity index (χ3n) is 4.23. The van der Waals surface area contributed by atoms with E-state index in [1.807, 2.05) is 0 Å². The molecule has 0 unspecified atom stereocenters. The number of methoxy groups -OCH3 is 2. The molecule has 0 radical (unpaired) electrons. The van der Waals surface area contributed by atoms with Gasteiger partial charge in [-0.3, -0.25) is 0 Å². The van der Waals surface area contributed by atoms with Gasteiger partial charge in [-0.2, -0.15) is 4.31 Å². The zero-order valence-corrected chi connectivity index (χ0v) is 15.0. The first-order chi connectivity index (χ1) is 12.0. The Morgan fingerprint density at radius 2 is 2.00 bits per heavy atom. The number of nitrogens with zero attached hydrogens (tertiary/aromatic N) is 3. The summed E-state index contributed by atoms with van der Waals surface area (Å²) >= 11 is 0. The van der Waals surface area contributed by atoms with Gasteiger partial charge >= 0.3 is 0 Å². The summed E-state index contributed by atoms with van der Waals surface area (Å²) in [6.45, 7) is 1.09. The highest BCUT2D eigenvalue weighted by Crippen LogP contribution is 2.30. The molecule has 9 heteroatoms. The molecule has 1 aromatic carbocycles. The van der Waals surface area contributed by atoms with Crippen molar-refractivity contribution in [2.75, 3.05) is 27.3 Å². The van der Waals surface area contributed by atoms with E-state index in [1.165, 1.54) is 17.5 Å². The maximum absolute atomic E-state index is 12.8. The average Bonchev–Trinajstić information content (AvgIpc) is 3.11. The first kappa shape index (κ1) is 17.8. The van der Waals surface area contributed by atoms with Crippen LogP contribution in [0, 0.1) is 0 Å². The summed E-state index contributed by atoms with van der Waals surface area (Å²) in [6, 6.07) is 6.52. The third-order valence-corrected chi connectivity index (χ3v) is 6.13. The fraction of sp³-hybridized carbons (Fsp3) is 0.500. The monoisotopic (exact) mass is 367 g/mol. The summed E-state index contributed by atoms with van der Waals surface area (Å²) in [7, 11) is -0.462. The fourth-order valence-electron chi connectivity index (χ4n) is 2.87.